The summed E-state index contributed by atoms with van der Waals surface area (Å²) in [5, 5.41) is 10.7. The van der Waals surface area contributed by atoms with E-state index in [0.717, 1.165) is 0 Å². The number of nitrogens with one attached hydrogen (secondary N) is 1. The fourth-order valence-corrected chi connectivity index (χ4v) is 1.54. The smallest absolute Gasteiger partial charge is 0.410 e. The topological polar surface area (TPSA) is 95.9 Å². The van der Waals surface area contributed by atoms with Crippen LogP contribution in [-0.4, -0.2) is 53.7 Å². The third-order valence-corrected chi connectivity index (χ3v) is 2.25. The summed E-state index contributed by atoms with van der Waals surface area (Å²) in [5.41, 5.74) is 0. The molecule has 0 aromatic carbocycles. The minimum atomic E-state index is -1.13. The van der Waals surface area contributed by atoms with Crippen molar-refractivity contribution in [2.45, 2.75) is 19.9 Å². The zero-order chi connectivity index (χ0) is 13.0. The van der Waals surface area contributed by atoms with Crippen LogP contribution in [0.4, 0.5) is 4.79 Å². The first-order valence-corrected chi connectivity index (χ1v) is 5.34. The maximum absolute atomic E-state index is 11.6. The van der Waals surface area contributed by atoms with Crippen molar-refractivity contribution in [2.24, 2.45) is 5.92 Å². The average Bonchev–Trinajstić information content (AvgIpc) is 2.56. The number of nitrogens with zero attached hydrogens (tertiary/aromatic N) is 1. The first-order chi connectivity index (χ1) is 7.91. The highest BCUT2D eigenvalue weighted by molar-refractivity contribution is 5.89. The molecule has 1 saturated heterocycles. The third kappa shape index (κ3) is 3.61. The minimum absolute atomic E-state index is 0.0307. The van der Waals surface area contributed by atoms with Gasteiger partial charge in [0.1, 0.15) is 19.2 Å². The average molecular weight is 244 g/mol. The summed E-state index contributed by atoms with van der Waals surface area (Å²) in [7, 11) is 0. The van der Waals surface area contributed by atoms with Crippen LogP contribution in [0.1, 0.15) is 13.8 Å². The predicted molar refractivity (Wildman–Crippen MR) is 57.3 cm³/mol. The molecule has 17 heavy (non-hydrogen) atoms. The molecular weight excluding hydrogens is 228 g/mol. The number of carboxylic acids is 1. The van der Waals surface area contributed by atoms with Crippen molar-refractivity contribution in [3.05, 3.63) is 0 Å². The molecule has 1 aliphatic heterocycles. The molecule has 96 valence electrons. The molecule has 1 heterocycles. The van der Waals surface area contributed by atoms with Gasteiger partial charge in [-0.25, -0.2) is 4.79 Å². The predicted octanol–water partition coefficient (Wildman–Crippen LogP) is -0.336. The lowest BCUT2D eigenvalue weighted by Crippen LogP contribution is -2.48. The molecule has 0 aromatic heterocycles. The molecule has 0 saturated carbocycles. The fourth-order valence-electron chi connectivity index (χ4n) is 1.54. The van der Waals surface area contributed by atoms with E-state index in [1.54, 1.807) is 0 Å². The van der Waals surface area contributed by atoms with Crippen LogP contribution in [0, 0.1) is 5.92 Å². The molecule has 0 spiro atoms. The first kappa shape index (κ1) is 13.3. The fraction of sp³-hybridized carbons (Fsp3) is 0.700. The summed E-state index contributed by atoms with van der Waals surface area (Å²) >= 11 is 0. The Labute approximate surface area is 98.7 Å². The van der Waals surface area contributed by atoms with Gasteiger partial charge in [-0.05, 0) is 5.92 Å². The van der Waals surface area contributed by atoms with Gasteiger partial charge in [0.2, 0.25) is 5.91 Å². The van der Waals surface area contributed by atoms with Gasteiger partial charge in [-0.1, -0.05) is 13.8 Å². The summed E-state index contributed by atoms with van der Waals surface area (Å²) in [6.45, 7) is 3.75. The Morgan fingerprint density at radius 2 is 2.24 bits per heavy atom. The second-order valence-electron chi connectivity index (χ2n) is 4.25. The van der Waals surface area contributed by atoms with Gasteiger partial charge in [-0.15, -0.1) is 0 Å². The second-order valence-corrected chi connectivity index (χ2v) is 4.25. The monoisotopic (exact) mass is 244 g/mol. The SMILES string of the molecule is CC(C)CN1C(=O)OC[C@H]1C(=O)NCC(=O)O. The number of amides is 2. The molecule has 7 heteroatoms. The number of carboxylic acid groups (broad SMARTS) is 1. The number of carbonyl (C=O) groups is 3. The lowest BCUT2D eigenvalue weighted by atomic mass is 10.2. The zero-order valence-electron chi connectivity index (χ0n) is 9.80. The summed E-state index contributed by atoms with van der Waals surface area (Å²) in [6, 6.07) is -0.732. The lowest BCUT2D eigenvalue weighted by Gasteiger charge is -2.22. The normalized spacial score (nSPS) is 19.4. The highest BCUT2D eigenvalue weighted by Gasteiger charge is 2.38. The Hall–Kier alpha value is -1.79. The highest BCUT2D eigenvalue weighted by Crippen LogP contribution is 2.14. The zero-order valence-corrected chi connectivity index (χ0v) is 9.80. The van der Waals surface area contributed by atoms with Crippen molar-refractivity contribution in [3.8, 4) is 0 Å². The van der Waals surface area contributed by atoms with Gasteiger partial charge in [0, 0.05) is 6.54 Å². The van der Waals surface area contributed by atoms with E-state index < -0.39 is 30.6 Å². The van der Waals surface area contributed by atoms with Crippen LogP contribution in [0.3, 0.4) is 0 Å². The van der Waals surface area contributed by atoms with Crippen molar-refractivity contribution in [2.75, 3.05) is 19.7 Å². The summed E-state index contributed by atoms with van der Waals surface area (Å²) in [6.07, 6.45) is -0.533. The van der Waals surface area contributed by atoms with Gasteiger partial charge in [-0.2, -0.15) is 0 Å². The van der Waals surface area contributed by atoms with Crippen molar-refractivity contribution < 1.29 is 24.2 Å². The molecule has 1 fully saturated rings. The van der Waals surface area contributed by atoms with E-state index in [9.17, 15) is 14.4 Å². The number of rotatable bonds is 5. The number of ether oxygens (including phenoxy) is 1. The van der Waals surface area contributed by atoms with Crippen LogP contribution in [0.25, 0.3) is 0 Å². The molecular formula is C10H16N2O5. The van der Waals surface area contributed by atoms with E-state index in [0.29, 0.717) is 6.54 Å². The first-order valence-electron chi connectivity index (χ1n) is 5.34. The van der Waals surface area contributed by atoms with Crippen LogP contribution >= 0.6 is 0 Å². The molecule has 2 amide bonds. The van der Waals surface area contributed by atoms with E-state index in [1.807, 2.05) is 13.8 Å². The largest absolute Gasteiger partial charge is 0.480 e. The van der Waals surface area contributed by atoms with Crippen LogP contribution in [0.15, 0.2) is 0 Å². The van der Waals surface area contributed by atoms with Crippen molar-refractivity contribution in [1.29, 1.82) is 0 Å². The van der Waals surface area contributed by atoms with E-state index in [4.69, 9.17) is 9.84 Å². The van der Waals surface area contributed by atoms with Gasteiger partial charge < -0.3 is 15.2 Å². The van der Waals surface area contributed by atoms with Gasteiger partial charge in [0.15, 0.2) is 0 Å². The molecule has 1 rings (SSSR count). The maximum Gasteiger partial charge on any atom is 0.410 e. The van der Waals surface area contributed by atoms with Gasteiger partial charge in [0.05, 0.1) is 0 Å². The quantitative estimate of drug-likeness (QED) is 0.690. The maximum atomic E-state index is 11.6. The number of carbonyl (C=O) groups excluding carboxylic acids is 2. The van der Waals surface area contributed by atoms with Crippen molar-refractivity contribution in [1.82, 2.24) is 10.2 Å². The minimum Gasteiger partial charge on any atom is -0.480 e. The highest BCUT2D eigenvalue weighted by atomic mass is 16.6. The molecule has 2 N–H and O–H groups in total. The Bertz CT molecular complexity index is 329. The molecule has 1 aliphatic rings. The number of cyclic esters (lactones) is 1. The Kier molecular flexibility index (Phi) is 4.30. The number of hydrogen-bond donors (Lipinski definition) is 2. The Morgan fingerprint density at radius 3 is 2.76 bits per heavy atom. The van der Waals surface area contributed by atoms with Crippen molar-refractivity contribution in [3.63, 3.8) is 0 Å². The van der Waals surface area contributed by atoms with E-state index >= 15 is 0 Å². The van der Waals surface area contributed by atoms with Crippen LogP contribution in [0.5, 0.6) is 0 Å². The van der Waals surface area contributed by atoms with Gasteiger partial charge >= 0.3 is 12.1 Å². The molecule has 0 aliphatic carbocycles. The summed E-state index contributed by atoms with van der Waals surface area (Å²) in [4.78, 5) is 34.6. The van der Waals surface area contributed by atoms with Crippen LogP contribution in [-0.2, 0) is 14.3 Å². The van der Waals surface area contributed by atoms with Crippen LogP contribution < -0.4 is 5.32 Å². The van der Waals surface area contributed by atoms with Crippen molar-refractivity contribution >= 4 is 18.0 Å². The van der Waals surface area contributed by atoms with E-state index in [-0.39, 0.29) is 12.5 Å². The Morgan fingerprint density at radius 1 is 1.59 bits per heavy atom. The summed E-state index contributed by atoms with van der Waals surface area (Å²) in [5.74, 6) is -1.42. The summed E-state index contributed by atoms with van der Waals surface area (Å²) < 4.78 is 4.79. The standard InChI is InChI=1S/C10H16N2O5/c1-6(2)4-12-7(5-17-10(12)16)9(15)11-3-8(13)14/h6-7H,3-5H2,1-2H3,(H,11,15)(H,13,14)/t7-/m0/s1. The third-order valence-electron chi connectivity index (χ3n) is 2.25. The van der Waals surface area contributed by atoms with Gasteiger partial charge in [0.25, 0.3) is 0 Å². The number of hydrogen-bond acceptors (Lipinski definition) is 4. The van der Waals surface area contributed by atoms with E-state index in [2.05, 4.69) is 5.32 Å². The van der Waals surface area contributed by atoms with Crippen LogP contribution in [0.2, 0.25) is 0 Å². The molecule has 0 unspecified atom stereocenters. The molecule has 1 atom stereocenters. The van der Waals surface area contributed by atoms with E-state index in [1.165, 1.54) is 4.90 Å². The number of aliphatic carboxylic acids is 1. The molecule has 0 radical (unpaired) electrons. The second kappa shape index (κ2) is 5.51. The van der Waals surface area contributed by atoms with Gasteiger partial charge in [-0.3, -0.25) is 14.5 Å². The molecule has 7 nitrogen and oxygen atoms in total. The lowest BCUT2D eigenvalue weighted by molar-refractivity contribution is -0.138. The molecule has 0 aromatic rings. The Balaban J connectivity index is 2.58. The molecule has 0 bridgehead atoms.